The predicted molar refractivity (Wildman–Crippen MR) is 77.0 cm³/mol. The lowest BCUT2D eigenvalue weighted by Gasteiger charge is -2.28. The van der Waals surface area contributed by atoms with Crippen molar-refractivity contribution in [3.8, 4) is 0 Å². The Balaban J connectivity index is 1.91. The lowest BCUT2D eigenvalue weighted by Crippen LogP contribution is -2.33. The SMILES string of the molecule is CCCC(CC)C1=CCN2[B]n3cccc3C=C12. The Morgan fingerprint density at radius 2 is 2.28 bits per heavy atom. The molecule has 0 aromatic carbocycles. The highest BCUT2D eigenvalue weighted by Crippen LogP contribution is 2.35. The number of nitrogens with zero attached hydrogens (tertiary/aromatic N) is 2. The lowest BCUT2D eigenvalue weighted by atomic mass is 9.88. The summed E-state index contributed by atoms with van der Waals surface area (Å²) in [6.07, 6.45) is 10.7. The van der Waals surface area contributed by atoms with Crippen LogP contribution >= 0.6 is 0 Å². The molecule has 1 unspecified atom stereocenters. The average molecular weight is 239 g/mol. The van der Waals surface area contributed by atoms with Crippen LogP contribution in [0.2, 0.25) is 0 Å². The van der Waals surface area contributed by atoms with Crippen LogP contribution in [0, 0.1) is 5.92 Å². The summed E-state index contributed by atoms with van der Waals surface area (Å²) in [4.78, 5) is 2.36. The zero-order valence-electron chi connectivity index (χ0n) is 11.3. The average Bonchev–Trinajstić information content (AvgIpc) is 2.99. The molecule has 0 N–H and O–H groups in total. The number of hydrogen-bond acceptors (Lipinski definition) is 1. The topological polar surface area (TPSA) is 8.17 Å². The van der Waals surface area contributed by atoms with Gasteiger partial charge >= 0.3 is 7.55 Å². The number of hydrogen-bond donors (Lipinski definition) is 0. The van der Waals surface area contributed by atoms with Gasteiger partial charge in [0.25, 0.3) is 0 Å². The quantitative estimate of drug-likeness (QED) is 0.732. The Labute approximate surface area is 110 Å². The Kier molecular flexibility index (Phi) is 3.06. The second-order valence-corrected chi connectivity index (χ2v) is 5.19. The summed E-state index contributed by atoms with van der Waals surface area (Å²) in [5, 5.41) is 0. The van der Waals surface area contributed by atoms with E-state index in [0.717, 1.165) is 12.5 Å². The van der Waals surface area contributed by atoms with Gasteiger partial charge < -0.3 is 9.29 Å². The van der Waals surface area contributed by atoms with E-state index in [9.17, 15) is 0 Å². The molecular weight excluding hydrogens is 219 g/mol. The molecule has 93 valence electrons. The predicted octanol–water partition coefficient (Wildman–Crippen LogP) is 3.29. The normalized spacial score (nSPS) is 18.7. The first-order valence-electron chi connectivity index (χ1n) is 7.04. The molecule has 0 saturated heterocycles. The molecule has 0 spiro atoms. The molecule has 1 aromatic rings. The molecular formula is C15H20BN2. The van der Waals surface area contributed by atoms with Gasteiger partial charge in [-0.3, -0.25) is 0 Å². The molecule has 2 nitrogen and oxygen atoms in total. The third-order valence-electron chi connectivity index (χ3n) is 4.04. The molecule has 0 fully saturated rings. The molecule has 0 aliphatic carbocycles. The molecule has 3 rings (SSSR count). The first-order valence-corrected chi connectivity index (χ1v) is 7.04. The molecule has 3 heteroatoms. The monoisotopic (exact) mass is 239 g/mol. The molecule has 1 aromatic heterocycles. The van der Waals surface area contributed by atoms with Crippen LogP contribution in [0.5, 0.6) is 0 Å². The fourth-order valence-corrected chi connectivity index (χ4v) is 3.07. The highest BCUT2D eigenvalue weighted by atomic mass is 15.2. The molecule has 18 heavy (non-hydrogen) atoms. The van der Waals surface area contributed by atoms with Gasteiger partial charge in [-0.1, -0.05) is 26.3 Å². The van der Waals surface area contributed by atoms with E-state index >= 15 is 0 Å². The summed E-state index contributed by atoms with van der Waals surface area (Å²) in [6.45, 7) is 5.61. The van der Waals surface area contributed by atoms with Crippen molar-refractivity contribution in [1.82, 2.24) is 9.29 Å². The highest BCUT2D eigenvalue weighted by Gasteiger charge is 2.28. The van der Waals surface area contributed by atoms with E-state index in [1.54, 1.807) is 5.57 Å². The van der Waals surface area contributed by atoms with Gasteiger partial charge in [0.1, 0.15) is 0 Å². The third-order valence-corrected chi connectivity index (χ3v) is 4.04. The Morgan fingerprint density at radius 1 is 1.39 bits per heavy atom. The third kappa shape index (κ3) is 1.82. The second kappa shape index (κ2) is 4.71. The van der Waals surface area contributed by atoms with Gasteiger partial charge in [-0.2, -0.15) is 0 Å². The van der Waals surface area contributed by atoms with E-state index in [-0.39, 0.29) is 0 Å². The van der Waals surface area contributed by atoms with Crippen LogP contribution in [-0.4, -0.2) is 23.4 Å². The van der Waals surface area contributed by atoms with E-state index in [4.69, 9.17) is 0 Å². The van der Waals surface area contributed by atoms with Crippen LogP contribution in [0.4, 0.5) is 0 Å². The van der Waals surface area contributed by atoms with Crippen molar-refractivity contribution in [2.75, 3.05) is 6.54 Å². The van der Waals surface area contributed by atoms with Crippen LogP contribution in [0.3, 0.4) is 0 Å². The van der Waals surface area contributed by atoms with Gasteiger partial charge in [-0.05, 0) is 48.7 Å². The molecule has 0 saturated carbocycles. The van der Waals surface area contributed by atoms with Crippen molar-refractivity contribution in [3.05, 3.63) is 41.4 Å². The molecule has 1 atom stereocenters. The maximum Gasteiger partial charge on any atom is 0.396 e. The molecule has 2 aliphatic heterocycles. The van der Waals surface area contributed by atoms with Crippen LogP contribution in [0.25, 0.3) is 6.08 Å². The van der Waals surface area contributed by atoms with Crippen molar-refractivity contribution in [3.63, 3.8) is 0 Å². The van der Waals surface area contributed by atoms with Gasteiger partial charge in [0.05, 0.1) is 0 Å². The summed E-state index contributed by atoms with van der Waals surface area (Å²) in [7, 11) is 2.22. The first kappa shape index (κ1) is 11.7. The molecule has 1 radical (unpaired) electrons. The summed E-state index contributed by atoms with van der Waals surface area (Å²) < 4.78 is 2.20. The van der Waals surface area contributed by atoms with Gasteiger partial charge in [-0.25, -0.2) is 0 Å². The van der Waals surface area contributed by atoms with E-state index in [0.29, 0.717) is 0 Å². The van der Waals surface area contributed by atoms with E-state index in [1.165, 1.54) is 30.7 Å². The summed E-state index contributed by atoms with van der Waals surface area (Å²) in [6, 6.07) is 4.29. The largest absolute Gasteiger partial charge is 0.396 e. The fraction of sp³-hybridized carbons (Fsp3) is 0.467. The Morgan fingerprint density at radius 3 is 3.06 bits per heavy atom. The highest BCUT2D eigenvalue weighted by molar-refractivity contribution is 6.32. The van der Waals surface area contributed by atoms with Gasteiger partial charge in [-0.15, -0.1) is 0 Å². The first-order chi connectivity index (χ1) is 8.83. The maximum atomic E-state index is 2.42. The molecule has 3 heterocycles. The number of allylic oxidation sites excluding steroid dienone is 1. The van der Waals surface area contributed by atoms with Crippen LogP contribution in [0.1, 0.15) is 38.8 Å². The van der Waals surface area contributed by atoms with Crippen molar-refractivity contribution in [2.24, 2.45) is 5.92 Å². The van der Waals surface area contributed by atoms with E-state index in [1.807, 2.05) is 0 Å². The second-order valence-electron chi connectivity index (χ2n) is 5.19. The van der Waals surface area contributed by atoms with Crippen LogP contribution < -0.4 is 0 Å². The zero-order chi connectivity index (χ0) is 12.5. The molecule has 2 aliphatic rings. The smallest absolute Gasteiger partial charge is 0.395 e. The van der Waals surface area contributed by atoms with Gasteiger partial charge in [0.15, 0.2) is 0 Å². The van der Waals surface area contributed by atoms with Crippen LogP contribution in [0.15, 0.2) is 35.7 Å². The minimum absolute atomic E-state index is 0.723. The summed E-state index contributed by atoms with van der Waals surface area (Å²) in [5.74, 6) is 0.723. The molecule has 0 bridgehead atoms. The number of rotatable bonds is 4. The number of aromatic nitrogens is 1. The Hall–Kier alpha value is -1.38. The Bertz CT molecular complexity index is 498. The zero-order valence-corrected chi connectivity index (χ0v) is 11.3. The van der Waals surface area contributed by atoms with Crippen LogP contribution in [-0.2, 0) is 0 Å². The summed E-state index contributed by atoms with van der Waals surface area (Å²) in [5.41, 5.74) is 4.27. The maximum absolute atomic E-state index is 2.42. The standard InChI is InChI=1S/C15H20BN2/c1-3-6-12(4-2)14-8-10-18-15(14)11-13-7-5-9-17(13)16-18/h5,7-9,11-12H,3-4,6,10H2,1-2H3. The van der Waals surface area contributed by atoms with E-state index < -0.39 is 0 Å². The summed E-state index contributed by atoms with van der Waals surface area (Å²) >= 11 is 0. The van der Waals surface area contributed by atoms with Gasteiger partial charge in [0.2, 0.25) is 0 Å². The minimum Gasteiger partial charge on any atom is -0.395 e. The van der Waals surface area contributed by atoms with Crippen molar-refractivity contribution < 1.29 is 0 Å². The van der Waals surface area contributed by atoms with Gasteiger partial charge in [0, 0.05) is 17.9 Å². The van der Waals surface area contributed by atoms with Crippen molar-refractivity contribution in [2.45, 2.75) is 33.1 Å². The lowest BCUT2D eigenvalue weighted by molar-refractivity contribution is 0.525. The van der Waals surface area contributed by atoms with Crippen molar-refractivity contribution in [1.29, 1.82) is 0 Å². The number of fused-ring (bicyclic) bond motifs is 2. The molecule has 0 amide bonds. The fourth-order valence-electron chi connectivity index (χ4n) is 3.07. The minimum atomic E-state index is 0.723. The van der Waals surface area contributed by atoms with Crippen molar-refractivity contribution >= 4 is 13.6 Å². The van der Waals surface area contributed by atoms with E-state index in [2.05, 4.69) is 61.2 Å².